The third kappa shape index (κ3) is 6.49. The Bertz CT molecular complexity index is 4000. The number of hydrogen-bond donors (Lipinski definition) is 0. The molecular formula is C69H47NO. The van der Waals surface area contributed by atoms with Gasteiger partial charge in [0.05, 0.1) is 11.1 Å². The van der Waals surface area contributed by atoms with Crippen LogP contribution in [-0.4, -0.2) is 0 Å². The predicted molar refractivity (Wildman–Crippen MR) is 297 cm³/mol. The van der Waals surface area contributed by atoms with Crippen molar-refractivity contribution in [2.24, 2.45) is 5.92 Å². The molecule has 0 saturated carbocycles. The van der Waals surface area contributed by atoms with Gasteiger partial charge in [0.2, 0.25) is 0 Å². The average molecular weight is 906 g/mol. The molecule has 334 valence electrons. The van der Waals surface area contributed by atoms with E-state index >= 15 is 0 Å². The molecule has 2 unspecified atom stereocenters. The largest absolute Gasteiger partial charge is 0.455 e. The fourth-order valence-electron chi connectivity index (χ4n) is 12.3. The summed E-state index contributed by atoms with van der Waals surface area (Å²) in [7, 11) is 0. The molecule has 0 radical (unpaired) electrons. The normalized spacial score (nSPS) is 15.6. The van der Waals surface area contributed by atoms with E-state index in [1.54, 1.807) is 0 Å². The first-order chi connectivity index (χ1) is 35.2. The molecule has 14 rings (SSSR count). The Hall–Kier alpha value is -8.98. The molecule has 0 N–H and O–H groups in total. The topological polar surface area (TPSA) is 16.4 Å². The lowest BCUT2D eigenvalue weighted by Crippen LogP contribution is -2.35. The summed E-state index contributed by atoms with van der Waals surface area (Å²) in [4.78, 5) is 2.40. The maximum atomic E-state index is 7.11. The molecule has 2 aliphatic rings. The summed E-state index contributed by atoms with van der Waals surface area (Å²) < 4.78 is 7.11. The standard InChI is InChI=1S/C69H47NO/c1-5-20-46(21-6-1)48-38-40-55(41-39-48)70(54-28-11-4-12-29-54)64-45-61-67-56(33-19-35-65(67)71-68(61)58-31-16-15-30-57(58)64)51-43-60(50-37-36-47-22-13-14-23-49(47)42-50)66-59-32-17-18-34-62(59)69(63(66)44-51,52-24-7-2-8-25-52)53-26-9-3-10-27-53/h1-45,59,62H. The van der Waals surface area contributed by atoms with Crippen molar-refractivity contribution < 1.29 is 4.42 Å². The first kappa shape index (κ1) is 41.0. The molecule has 0 fully saturated rings. The van der Waals surface area contributed by atoms with Gasteiger partial charge in [-0.3, -0.25) is 0 Å². The highest BCUT2D eigenvalue weighted by molar-refractivity contribution is 6.22. The highest BCUT2D eigenvalue weighted by atomic mass is 16.3. The Morgan fingerprint density at radius 1 is 0.394 bits per heavy atom. The molecule has 0 amide bonds. The second kappa shape index (κ2) is 16.6. The number of anilines is 3. The van der Waals surface area contributed by atoms with Crippen LogP contribution >= 0.6 is 0 Å². The number of benzene rings is 11. The van der Waals surface area contributed by atoms with Crippen molar-refractivity contribution in [2.75, 3.05) is 4.90 Å². The summed E-state index contributed by atoms with van der Waals surface area (Å²) in [6.07, 6.45) is 9.44. The fraction of sp³-hybridized carbons (Fsp3) is 0.0435. The molecule has 2 heteroatoms. The monoisotopic (exact) mass is 905 g/mol. The van der Waals surface area contributed by atoms with Crippen LogP contribution in [-0.2, 0) is 5.41 Å². The van der Waals surface area contributed by atoms with Gasteiger partial charge >= 0.3 is 0 Å². The maximum absolute atomic E-state index is 7.11. The molecule has 0 aliphatic heterocycles. The van der Waals surface area contributed by atoms with E-state index in [0.717, 1.165) is 60.9 Å². The van der Waals surface area contributed by atoms with E-state index in [2.05, 4.69) is 278 Å². The molecule has 0 spiro atoms. The fourth-order valence-corrected chi connectivity index (χ4v) is 12.3. The molecule has 71 heavy (non-hydrogen) atoms. The van der Waals surface area contributed by atoms with Crippen LogP contribution < -0.4 is 4.90 Å². The van der Waals surface area contributed by atoms with Gasteiger partial charge in [-0.05, 0) is 121 Å². The molecule has 2 nitrogen and oxygen atoms in total. The van der Waals surface area contributed by atoms with Crippen LogP contribution in [0.4, 0.5) is 17.1 Å². The molecule has 2 aliphatic carbocycles. The molecule has 1 aromatic heterocycles. The lowest BCUT2D eigenvalue weighted by molar-refractivity contribution is 0.457. The lowest BCUT2D eigenvalue weighted by atomic mass is 9.63. The Balaban J connectivity index is 1.06. The summed E-state index contributed by atoms with van der Waals surface area (Å²) in [6.45, 7) is 0. The lowest BCUT2D eigenvalue weighted by Gasteiger charge is -2.39. The number of nitrogens with zero attached hydrogens (tertiary/aromatic N) is 1. The zero-order chi connectivity index (χ0) is 46.9. The molecular weight excluding hydrogens is 859 g/mol. The van der Waals surface area contributed by atoms with E-state index in [1.807, 2.05) is 0 Å². The Labute approximate surface area is 413 Å². The van der Waals surface area contributed by atoms with Crippen molar-refractivity contribution in [3.8, 4) is 33.4 Å². The minimum Gasteiger partial charge on any atom is -0.455 e. The van der Waals surface area contributed by atoms with Crippen LogP contribution in [0.1, 0.15) is 28.2 Å². The van der Waals surface area contributed by atoms with Gasteiger partial charge in [-0.25, -0.2) is 0 Å². The van der Waals surface area contributed by atoms with E-state index < -0.39 is 5.41 Å². The summed E-state index contributed by atoms with van der Waals surface area (Å²) >= 11 is 0. The summed E-state index contributed by atoms with van der Waals surface area (Å²) in [5.74, 6) is 0.295. The number of hydrogen-bond acceptors (Lipinski definition) is 2. The van der Waals surface area contributed by atoms with Gasteiger partial charge < -0.3 is 9.32 Å². The highest BCUT2D eigenvalue weighted by Gasteiger charge is 2.54. The number of furan rings is 1. The van der Waals surface area contributed by atoms with Crippen LogP contribution in [0.5, 0.6) is 0 Å². The van der Waals surface area contributed by atoms with Gasteiger partial charge in [0.25, 0.3) is 0 Å². The van der Waals surface area contributed by atoms with Crippen LogP contribution in [0, 0.1) is 5.92 Å². The zero-order valence-corrected chi connectivity index (χ0v) is 39.0. The second-order valence-electron chi connectivity index (χ2n) is 19.1. The van der Waals surface area contributed by atoms with E-state index in [9.17, 15) is 0 Å². The second-order valence-corrected chi connectivity index (χ2v) is 19.1. The summed E-state index contributed by atoms with van der Waals surface area (Å²) in [6, 6.07) is 91.3. The molecule has 1 heterocycles. The van der Waals surface area contributed by atoms with Crippen molar-refractivity contribution in [3.63, 3.8) is 0 Å². The maximum Gasteiger partial charge on any atom is 0.143 e. The van der Waals surface area contributed by atoms with E-state index in [-0.39, 0.29) is 11.8 Å². The SMILES string of the molecule is C1=CC2c3c(-c4ccc5ccccc5c4)cc(-c4cccc5oc6c7ccccc7c(N(c7ccccc7)c7ccc(-c8ccccc8)cc7)cc6c45)cc3C(c3ccccc3)(c3ccccc3)C2C=C1. The number of para-hydroxylation sites is 1. The number of allylic oxidation sites excluding steroid dienone is 4. The summed E-state index contributed by atoms with van der Waals surface area (Å²) in [5, 5.41) is 6.84. The Morgan fingerprint density at radius 3 is 1.75 bits per heavy atom. The molecule has 2 atom stereocenters. The highest BCUT2D eigenvalue weighted by Crippen LogP contribution is 2.62. The van der Waals surface area contributed by atoms with E-state index in [4.69, 9.17) is 4.42 Å². The van der Waals surface area contributed by atoms with E-state index in [1.165, 1.54) is 55.3 Å². The van der Waals surface area contributed by atoms with Crippen molar-refractivity contribution in [3.05, 3.63) is 295 Å². The third-order valence-corrected chi connectivity index (χ3v) is 15.4. The van der Waals surface area contributed by atoms with E-state index in [0.29, 0.717) is 0 Å². The molecule has 0 bridgehead atoms. The third-order valence-electron chi connectivity index (χ3n) is 15.4. The smallest absolute Gasteiger partial charge is 0.143 e. The molecule has 0 saturated heterocycles. The zero-order valence-electron chi connectivity index (χ0n) is 39.0. The van der Waals surface area contributed by atoms with Crippen molar-refractivity contribution in [2.45, 2.75) is 11.3 Å². The van der Waals surface area contributed by atoms with Crippen LogP contribution in [0.2, 0.25) is 0 Å². The van der Waals surface area contributed by atoms with Crippen LogP contribution in [0.15, 0.2) is 277 Å². The van der Waals surface area contributed by atoms with Gasteiger partial charge in [0.15, 0.2) is 0 Å². The van der Waals surface area contributed by atoms with Gasteiger partial charge in [-0.2, -0.15) is 0 Å². The summed E-state index contributed by atoms with van der Waals surface area (Å²) in [5.41, 5.74) is 17.0. The number of rotatable bonds is 8. The van der Waals surface area contributed by atoms with Gasteiger partial charge in [0.1, 0.15) is 11.2 Å². The Kier molecular flexibility index (Phi) is 9.60. The van der Waals surface area contributed by atoms with Gasteiger partial charge in [0, 0.05) is 44.8 Å². The van der Waals surface area contributed by atoms with Crippen molar-refractivity contribution >= 4 is 60.5 Å². The van der Waals surface area contributed by atoms with Gasteiger partial charge in [-0.15, -0.1) is 0 Å². The van der Waals surface area contributed by atoms with Crippen LogP contribution in [0.25, 0.3) is 76.9 Å². The van der Waals surface area contributed by atoms with Crippen molar-refractivity contribution in [1.29, 1.82) is 0 Å². The molecule has 12 aromatic rings. The van der Waals surface area contributed by atoms with Crippen LogP contribution in [0.3, 0.4) is 0 Å². The Morgan fingerprint density at radius 2 is 1.00 bits per heavy atom. The minimum absolute atomic E-state index is 0.145. The first-order valence-electron chi connectivity index (χ1n) is 24.7. The first-order valence-corrected chi connectivity index (χ1v) is 24.7. The predicted octanol–water partition coefficient (Wildman–Crippen LogP) is 18.5. The minimum atomic E-state index is -0.479. The molecule has 11 aromatic carbocycles. The van der Waals surface area contributed by atoms with Crippen molar-refractivity contribution in [1.82, 2.24) is 0 Å². The quantitative estimate of drug-likeness (QED) is 0.151. The number of fused-ring (bicyclic) bond motifs is 9. The average Bonchev–Trinajstić information content (AvgIpc) is 3.99. The van der Waals surface area contributed by atoms with Gasteiger partial charge in [-0.1, -0.05) is 218 Å².